The molecule has 2 rings (SSSR count). The Balaban J connectivity index is 1.68. The van der Waals surface area contributed by atoms with Crippen molar-refractivity contribution in [2.45, 2.75) is 6.92 Å². The summed E-state index contributed by atoms with van der Waals surface area (Å²) in [5.74, 6) is 0.0451. The summed E-state index contributed by atoms with van der Waals surface area (Å²) >= 11 is 9.11. The quantitative estimate of drug-likeness (QED) is 0.695. The van der Waals surface area contributed by atoms with Gasteiger partial charge in [0.15, 0.2) is 13.2 Å². The van der Waals surface area contributed by atoms with E-state index in [1.54, 1.807) is 30.3 Å². The molecule has 2 amide bonds. The van der Waals surface area contributed by atoms with Crippen LogP contribution in [0.2, 0.25) is 5.02 Å². The van der Waals surface area contributed by atoms with Crippen LogP contribution in [0.1, 0.15) is 5.56 Å². The molecule has 0 heterocycles. The topological polar surface area (TPSA) is 76.7 Å². The van der Waals surface area contributed by atoms with Crippen LogP contribution < -0.4 is 20.3 Å². The fourth-order valence-corrected chi connectivity index (χ4v) is 2.49. The first-order valence-electron chi connectivity index (χ1n) is 7.29. The molecule has 25 heavy (non-hydrogen) atoms. The molecule has 0 bridgehead atoms. The van der Waals surface area contributed by atoms with Crippen LogP contribution in [-0.2, 0) is 9.59 Å². The van der Waals surface area contributed by atoms with Gasteiger partial charge in [-0.05, 0) is 64.8 Å². The van der Waals surface area contributed by atoms with Crippen LogP contribution in [0.4, 0.5) is 0 Å². The fourth-order valence-electron chi connectivity index (χ4n) is 1.76. The smallest absolute Gasteiger partial charge is 0.276 e. The van der Waals surface area contributed by atoms with E-state index in [1.807, 2.05) is 19.1 Å². The zero-order valence-electron chi connectivity index (χ0n) is 13.3. The molecular weight excluding hydrogens is 412 g/mol. The van der Waals surface area contributed by atoms with Crippen molar-refractivity contribution in [1.82, 2.24) is 10.9 Å². The molecule has 0 aliphatic rings. The van der Waals surface area contributed by atoms with Crippen molar-refractivity contribution in [3.8, 4) is 11.5 Å². The van der Waals surface area contributed by atoms with Crippen LogP contribution in [0, 0.1) is 6.92 Å². The van der Waals surface area contributed by atoms with Gasteiger partial charge in [-0.25, -0.2) is 0 Å². The predicted molar refractivity (Wildman–Crippen MR) is 97.6 cm³/mol. The Kier molecular flexibility index (Phi) is 7.09. The third kappa shape index (κ3) is 6.64. The zero-order valence-corrected chi connectivity index (χ0v) is 15.7. The van der Waals surface area contributed by atoms with Crippen LogP contribution in [0.5, 0.6) is 11.5 Å². The summed E-state index contributed by atoms with van der Waals surface area (Å²) < 4.78 is 11.4. The SMILES string of the molecule is Cc1ccc(OCC(=O)NNC(=O)COc2ccc(Cl)cc2)c(Br)c1. The average molecular weight is 428 g/mol. The average Bonchev–Trinajstić information content (AvgIpc) is 2.58. The number of amides is 2. The van der Waals surface area contributed by atoms with Gasteiger partial charge in [-0.2, -0.15) is 0 Å². The molecule has 0 saturated heterocycles. The number of hydrogen-bond acceptors (Lipinski definition) is 4. The second-order valence-corrected chi connectivity index (χ2v) is 6.35. The second kappa shape index (κ2) is 9.29. The number of aryl methyl sites for hydroxylation is 1. The summed E-state index contributed by atoms with van der Waals surface area (Å²) in [6.45, 7) is 1.47. The van der Waals surface area contributed by atoms with Gasteiger partial charge in [-0.1, -0.05) is 17.7 Å². The lowest BCUT2D eigenvalue weighted by atomic mass is 10.2. The molecule has 0 fully saturated rings. The number of carbonyl (C=O) groups is 2. The molecule has 0 unspecified atom stereocenters. The normalized spacial score (nSPS) is 10.0. The molecule has 6 nitrogen and oxygen atoms in total. The van der Waals surface area contributed by atoms with E-state index in [0.29, 0.717) is 16.5 Å². The molecule has 0 radical (unpaired) electrons. The standard InChI is InChI=1S/C17H16BrClN2O4/c1-11-2-7-15(14(18)8-11)25-10-17(23)21-20-16(22)9-24-13-5-3-12(19)4-6-13/h2-8H,9-10H2,1H3,(H,20,22)(H,21,23). The third-order valence-corrected chi connectivity index (χ3v) is 3.84. The van der Waals surface area contributed by atoms with Crippen molar-refractivity contribution in [3.63, 3.8) is 0 Å². The summed E-state index contributed by atoms with van der Waals surface area (Å²) in [7, 11) is 0. The number of ether oxygens (including phenoxy) is 2. The molecule has 0 aromatic heterocycles. The molecule has 2 aromatic carbocycles. The number of halogens is 2. The predicted octanol–water partition coefficient (Wildman–Crippen LogP) is 3.02. The van der Waals surface area contributed by atoms with E-state index in [4.69, 9.17) is 21.1 Å². The van der Waals surface area contributed by atoms with Crippen LogP contribution >= 0.6 is 27.5 Å². The number of benzene rings is 2. The molecule has 132 valence electrons. The van der Waals surface area contributed by atoms with Crippen molar-refractivity contribution < 1.29 is 19.1 Å². The highest BCUT2D eigenvalue weighted by molar-refractivity contribution is 9.10. The van der Waals surface area contributed by atoms with Crippen molar-refractivity contribution in [2.24, 2.45) is 0 Å². The molecular formula is C17H16BrClN2O4. The molecule has 0 aliphatic carbocycles. The van der Waals surface area contributed by atoms with Gasteiger partial charge < -0.3 is 9.47 Å². The number of rotatable bonds is 6. The molecule has 0 saturated carbocycles. The number of hydrogen-bond donors (Lipinski definition) is 2. The van der Waals surface area contributed by atoms with Gasteiger partial charge in [0, 0.05) is 5.02 Å². The summed E-state index contributed by atoms with van der Waals surface area (Å²) in [5, 5.41) is 0.573. The first-order chi connectivity index (χ1) is 11.9. The largest absolute Gasteiger partial charge is 0.484 e. The molecule has 2 N–H and O–H groups in total. The van der Waals surface area contributed by atoms with Gasteiger partial charge in [0.25, 0.3) is 11.8 Å². The second-order valence-electron chi connectivity index (χ2n) is 5.06. The van der Waals surface area contributed by atoms with E-state index in [0.717, 1.165) is 10.0 Å². The lowest BCUT2D eigenvalue weighted by Gasteiger charge is -2.11. The van der Waals surface area contributed by atoms with E-state index in [2.05, 4.69) is 26.8 Å². The van der Waals surface area contributed by atoms with Gasteiger partial charge >= 0.3 is 0 Å². The molecule has 0 atom stereocenters. The minimum absolute atomic E-state index is 0.236. The summed E-state index contributed by atoms with van der Waals surface area (Å²) in [4.78, 5) is 23.3. The van der Waals surface area contributed by atoms with Crippen LogP contribution in [0.25, 0.3) is 0 Å². The molecule has 8 heteroatoms. The number of nitrogens with one attached hydrogen (secondary N) is 2. The highest BCUT2D eigenvalue weighted by atomic mass is 79.9. The number of carbonyl (C=O) groups excluding carboxylic acids is 2. The summed E-state index contributed by atoms with van der Waals surface area (Å²) in [5.41, 5.74) is 5.56. The van der Waals surface area contributed by atoms with Gasteiger partial charge in [-0.15, -0.1) is 0 Å². The van der Waals surface area contributed by atoms with Crippen molar-refractivity contribution in [2.75, 3.05) is 13.2 Å². The monoisotopic (exact) mass is 426 g/mol. The maximum Gasteiger partial charge on any atom is 0.276 e. The lowest BCUT2D eigenvalue weighted by molar-refractivity contribution is -0.131. The fraction of sp³-hybridized carbons (Fsp3) is 0.176. The van der Waals surface area contributed by atoms with Gasteiger partial charge in [-0.3, -0.25) is 20.4 Å². The highest BCUT2D eigenvalue weighted by Crippen LogP contribution is 2.25. The lowest BCUT2D eigenvalue weighted by Crippen LogP contribution is -2.45. The first kappa shape index (κ1) is 19.1. The van der Waals surface area contributed by atoms with Gasteiger partial charge in [0.2, 0.25) is 0 Å². The molecule has 0 spiro atoms. The van der Waals surface area contributed by atoms with E-state index in [1.165, 1.54) is 0 Å². The summed E-state index contributed by atoms with van der Waals surface area (Å²) in [6.07, 6.45) is 0. The van der Waals surface area contributed by atoms with E-state index in [9.17, 15) is 9.59 Å². The van der Waals surface area contributed by atoms with E-state index >= 15 is 0 Å². The maximum atomic E-state index is 11.7. The zero-order chi connectivity index (χ0) is 18.2. The Morgan fingerprint density at radius 1 is 1.00 bits per heavy atom. The minimum Gasteiger partial charge on any atom is -0.484 e. The van der Waals surface area contributed by atoms with Crippen molar-refractivity contribution >= 4 is 39.3 Å². The van der Waals surface area contributed by atoms with Crippen molar-refractivity contribution in [3.05, 3.63) is 57.5 Å². The maximum absolute atomic E-state index is 11.7. The van der Waals surface area contributed by atoms with E-state index in [-0.39, 0.29) is 13.2 Å². The highest BCUT2D eigenvalue weighted by Gasteiger charge is 2.08. The Morgan fingerprint density at radius 2 is 1.60 bits per heavy atom. The first-order valence-corrected chi connectivity index (χ1v) is 8.46. The van der Waals surface area contributed by atoms with Gasteiger partial charge in [0.1, 0.15) is 11.5 Å². The Morgan fingerprint density at radius 3 is 2.20 bits per heavy atom. The van der Waals surface area contributed by atoms with Crippen molar-refractivity contribution in [1.29, 1.82) is 0 Å². The van der Waals surface area contributed by atoms with Crippen LogP contribution in [0.3, 0.4) is 0 Å². The van der Waals surface area contributed by atoms with Gasteiger partial charge in [0.05, 0.1) is 4.47 Å². The summed E-state index contributed by atoms with van der Waals surface area (Å²) in [6, 6.07) is 12.1. The Bertz CT molecular complexity index is 753. The third-order valence-electron chi connectivity index (χ3n) is 2.97. The Labute approximate surface area is 158 Å². The molecule has 2 aromatic rings. The number of hydrazine groups is 1. The van der Waals surface area contributed by atoms with Crippen LogP contribution in [0.15, 0.2) is 46.9 Å². The van der Waals surface area contributed by atoms with E-state index < -0.39 is 11.8 Å². The Hall–Kier alpha value is -2.25. The minimum atomic E-state index is -0.500. The molecule has 0 aliphatic heterocycles. The van der Waals surface area contributed by atoms with Crippen LogP contribution in [-0.4, -0.2) is 25.0 Å².